The van der Waals surface area contributed by atoms with E-state index in [2.05, 4.69) is 81.4 Å². The van der Waals surface area contributed by atoms with E-state index in [-0.39, 0.29) is 5.41 Å². The van der Waals surface area contributed by atoms with Crippen molar-refractivity contribution in [1.29, 1.82) is 0 Å². The Morgan fingerprint density at radius 1 is 0.733 bits per heavy atom. The summed E-state index contributed by atoms with van der Waals surface area (Å²) >= 11 is 0. The molecule has 30 heavy (non-hydrogen) atoms. The first kappa shape index (κ1) is 18.7. The predicted molar refractivity (Wildman–Crippen MR) is 128 cm³/mol. The van der Waals surface area contributed by atoms with Crippen LogP contribution in [-0.2, 0) is 10.8 Å². The summed E-state index contributed by atoms with van der Waals surface area (Å²) in [6, 6.07) is 23.6. The van der Waals surface area contributed by atoms with E-state index in [0.29, 0.717) is 5.41 Å². The molecule has 0 atom stereocenters. The number of hydrogen-bond donors (Lipinski definition) is 0. The molecule has 154 valence electrons. The molecule has 4 saturated carbocycles. The average Bonchev–Trinajstić information content (AvgIpc) is 2.71. The third-order valence-corrected chi connectivity index (χ3v) is 8.59. The van der Waals surface area contributed by atoms with Crippen LogP contribution in [0.2, 0.25) is 0 Å². The molecule has 0 N–H and O–H groups in total. The van der Waals surface area contributed by atoms with E-state index in [1.165, 1.54) is 66.0 Å². The van der Waals surface area contributed by atoms with Crippen LogP contribution in [0.5, 0.6) is 0 Å². The van der Waals surface area contributed by atoms with Crippen molar-refractivity contribution >= 4 is 10.8 Å². The van der Waals surface area contributed by atoms with Crippen LogP contribution in [0, 0.1) is 17.8 Å². The van der Waals surface area contributed by atoms with Crippen LogP contribution in [0.4, 0.5) is 0 Å². The number of hydrogen-bond acceptors (Lipinski definition) is 0. The number of fused-ring (bicyclic) bond motifs is 1. The molecule has 3 aromatic carbocycles. The molecule has 0 spiro atoms. The van der Waals surface area contributed by atoms with Gasteiger partial charge in [-0.3, -0.25) is 0 Å². The summed E-state index contributed by atoms with van der Waals surface area (Å²) in [7, 11) is 0. The normalized spacial score (nSPS) is 30.2. The molecule has 0 radical (unpaired) electrons. The SMILES string of the molecule is CC(C)(C)c1ccc2c(-c3ccc(C45CC6CC(CC(C6)C4)C5)cc3)cccc2c1. The van der Waals surface area contributed by atoms with Crippen LogP contribution in [-0.4, -0.2) is 0 Å². The molecule has 0 saturated heterocycles. The molecule has 4 bridgehead atoms. The maximum atomic E-state index is 2.48. The highest BCUT2D eigenvalue weighted by molar-refractivity contribution is 5.97. The smallest absolute Gasteiger partial charge is 0.00391 e. The van der Waals surface area contributed by atoms with Gasteiger partial charge in [0, 0.05) is 0 Å². The van der Waals surface area contributed by atoms with Gasteiger partial charge in [0.1, 0.15) is 0 Å². The molecule has 3 aromatic rings. The van der Waals surface area contributed by atoms with Gasteiger partial charge in [0.2, 0.25) is 0 Å². The van der Waals surface area contributed by atoms with Gasteiger partial charge in [0.25, 0.3) is 0 Å². The van der Waals surface area contributed by atoms with E-state index >= 15 is 0 Å². The Morgan fingerprint density at radius 2 is 1.37 bits per heavy atom. The lowest BCUT2D eigenvalue weighted by molar-refractivity contribution is -0.00518. The third-order valence-electron chi connectivity index (χ3n) is 8.59. The lowest BCUT2D eigenvalue weighted by Crippen LogP contribution is -2.48. The highest BCUT2D eigenvalue weighted by Gasteiger charge is 2.51. The zero-order valence-electron chi connectivity index (χ0n) is 18.7. The molecule has 0 nitrogen and oxygen atoms in total. The Hall–Kier alpha value is -2.08. The van der Waals surface area contributed by atoms with Gasteiger partial charge >= 0.3 is 0 Å². The summed E-state index contributed by atoms with van der Waals surface area (Å²) in [6.07, 6.45) is 8.89. The van der Waals surface area contributed by atoms with Gasteiger partial charge in [-0.25, -0.2) is 0 Å². The molecule has 4 fully saturated rings. The van der Waals surface area contributed by atoms with E-state index in [0.717, 1.165) is 17.8 Å². The Labute approximate surface area is 181 Å². The molecule has 0 aliphatic heterocycles. The minimum Gasteiger partial charge on any atom is -0.0610 e. The van der Waals surface area contributed by atoms with Gasteiger partial charge in [0.15, 0.2) is 0 Å². The lowest BCUT2D eigenvalue weighted by Gasteiger charge is -2.57. The first-order valence-corrected chi connectivity index (χ1v) is 12.0. The van der Waals surface area contributed by atoms with Crippen LogP contribution in [0.25, 0.3) is 21.9 Å². The van der Waals surface area contributed by atoms with E-state index < -0.39 is 0 Å². The maximum Gasteiger partial charge on any atom is -0.00391 e. The zero-order chi connectivity index (χ0) is 20.5. The van der Waals surface area contributed by atoms with Crippen molar-refractivity contribution in [2.75, 3.05) is 0 Å². The van der Waals surface area contributed by atoms with Gasteiger partial charge in [0.05, 0.1) is 0 Å². The highest BCUT2D eigenvalue weighted by Crippen LogP contribution is 2.60. The Bertz CT molecular complexity index is 1060. The highest BCUT2D eigenvalue weighted by atomic mass is 14.6. The Kier molecular flexibility index (Phi) is 4.02. The minimum atomic E-state index is 0.184. The van der Waals surface area contributed by atoms with E-state index in [4.69, 9.17) is 0 Å². The van der Waals surface area contributed by atoms with E-state index in [1.54, 1.807) is 5.56 Å². The fourth-order valence-corrected chi connectivity index (χ4v) is 7.47. The fraction of sp³-hybridized carbons (Fsp3) is 0.467. The van der Waals surface area contributed by atoms with Crippen molar-refractivity contribution in [2.24, 2.45) is 17.8 Å². The fourth-order valence-electron chi connectivity index (χ4n) is 7.47. The Morgan fingerprint density at radius 3 is 1.97 bits per heavy atom. The first-order chi connectivity index (χ1) is 14.4. The molecule has 0 aromatic heterocycles. The second-order valence-corrected chi connectivity index (χ2v) is 11.8. The standard InChI is InChI=1S/C30H34/c1-29(2,3)26-11-12-28-24(16-26)5-4-6-27(28)23-7-9-25(10-8-23)30-17-20-13-21(18-30)15-22(14-20)19-30/h4-12,16,20-22H,13-15,17-19H2,1-3H3. The Balaban J connectivity index is 1.36. The first-order valence-electron chi connectivity index (χ1n) is 12.0. The van der Waals surface area contributed by atoms with E-state index in [9.17, 15) is 0 Å². The van der Waals surface area contributed by atoms with Crippen LogP contribution < -0.4 is 0 Å². The minimum absolute atomic E-state index is 0.184. The molecule has 0 amide bonds. The summed E-state index contributed by atoms with van der Waals surface area (Å²) in [4.78, 5) is 0. The maximum absolute atomic E-state index is 2.48. The van der Waals surface area contributed by atoms with Crippen LogP contribution in [0.3, 0.4) is 0 Å². The van der Waals surface area contributed by atoms with Crippen LogP contribution >= 0.6 is 0 Å². The summed E-state index contributed by atoms with van der Waals surface area (Å²) < 4.78 is 0. The van der Waals surface area contributed by atoms with Crippen LogP contribution in [0.1, 0.15) is 70.4 Å². The van der Waals surface area contributed by atoms with Gasteiger partial charge < -0.3 is 0 Å². The zero-order valence-corrected chi connectivity index (χ0v) is 18.7. The lowest BCUT2D eigenvalue weighted by atomic mass is 9.48. The summed E-state index contributed by atoms with van der Waals surface area (Å²) in [6.45, 7) is 6.88. The topological polar surface area (TPSA) is 0 Å². The molecule has 4 aliphatic rings. The van der Waals surface area contributed by atoms with Gasteiger partial charge in [-0.15, -0.1) is 0 Å². The molecule has 0 heterocycles. The van der Waals surface area contributed by atoms with Crippen molar-refractivity contribution < 1.29 is 0 Å². The predicted octanol–water partition coefficient (Wildman–Crippen LogP) is 8.27. The van der Waals surface area contributed by atoms with Gasteiger partial charge in [-0.05, 0) is 100 Å². The monoisotopic (exact) mass is 394 g/mol. The van der Waals surface area contributed by atoms with Crippen LogP contribution in [0.15, 0.2) is 60.7 Å². The third kappa shape index (κ3) is 2.95. The molecule has 0 heteroatoms. The molecule has 4 aliphatic carbocycles. The number of benzene rings is 3. The van der Waals surface area contributed by atoms with Crippen molar-refractivity contribution in [3.8, 4) is 11.1 Å². The quantitative estimate of drug-likeness (QED) is 0.410. The van der Waals surface area contributed by atoms with Crippen molar-refractivity contribution in [3.05, 3.63) is 71.8 Å². The summed E-state index contributed by atoms with van der Waals surface area (Å²) in [5.41, 5.74) is 6.43. The van der Waals surface area contributed by atoms with Crippen molar-refractivity contribution in [3.63, 3.8) is 0 Å². The van der Waals surface area contributed by atoms with Gasteiger partial charge in [-0.2, -0.15) is 0 Å². The van der Waals surface area contributed by atoms with Crippen molar-refractivity contribution in [1.82, 2.24) is 0 Å². The summed E-state index contributed by atoms with van der Waals surface area (Å²) in [5.74, 6) is 3.02. The second-order valence-electron chi connectivity index (χ2n) is 11.8. The second kappa shape index (κ2) is 6.46. The largest absolute Gasteiger partial charge is 0.0610 e. The van der Waals surface area contributed by atoms with Crippen molar-refractivity contribution in [2.45, 2.75) is 70.1 Å². The van der Waals surface area contributed by atoms with E-state index in [1.807, 2.05) is 0 Å². The molecule has 7 rings (SSSR count). The molecular formula is C30H34. The summed E-state index contributed by atoms with van der Waals surface area (Å²) in [5, 5.41) is 2.72. The molecule has 0 unspecified atom stereocenters. The molecular weight excluding hydrogens is 360 g/mol. The number of rotatable bonds is 2. The van der Waals surface area contributed by atoms with Gasteiger partial charge in [-0.1, -0.05) is 81.4 Å². The average molecular weight is 395 g/mol.